The number of allylic oxidation sites excluding steroid dienone is 2. The van der Waals surface area contributed by atoms with Gasteiger partial charge in [0.15, 0.2) is 0 Å². The quantitative estimate of drug-likeness (QED) is 0.443. The third kappa shape index (κ3) is 3.17. The molecule has 0 bridgehead atoms. The summed E-state index contributed by atoms with van der Waals surface area (Å²) in [5.74, 6) is 1.44. The van der Waals surface area contributed by atoms with Gasteiger partial charge >= 0.3 is 0 Å². The molecular weight excluding hydrogens is 362 g/mol. The second-order valence-corrected chi connectivity index (χ2v) is 9.12. The topological polar surface area (TPSA) is 12.0 Å². The Morgan fingerprint density at radius 3 is 2.50 bits per heavy atom. The number of hydrogen-bond donors (Lipinski definition) is 1. The van der Waals surface area contributed by atoms with Crippen LogP contribution in [0.5, 0.6) is 0 Å². The molecule has 0 radical (unpaired) electrons. The maximum Gasteiger partial charge on any atom is 0.0467 e. The summed E-state index contributed by atoms with van der Waals surface area (Å²) in [6, 6.07) is 26.4. The molecule has 152 valence electrons. The molecule has 0 aromatic heterocycles. The first-order valence-corrected chi connectivity index (χ1v) is 11.5. The Kier molecular flexibility index (Phi) is 4.98. The number of benzene rings is 3. The van der Waals surface area contributed by atoms with Crippen molar-refractivity contribution in [2.75, 3.05) is 5.32 Å². The lowest BCUT2D eigenvalue weighted by molar-refractivity contribution is 0.350. The van der Waals surface area contributed by atoms with Crippen molar-refractivity contribution in [2.45, 2.75) is 44.9 Å². The van der Waals surface area contributed by atoms with E-state index in [4.69, 9.17) is 0 Å². The van der Waals surface area contributed by atoms with Crippen LogP contribution >= 0.6 is 0 Å². The van der Waals surface area contributed by atoms with Crippen LogP contribution in [-0.2, 0) is 5.41 Å². The molecule has 3 atom stereocenters. The van der Waals surface area contributed by atoms with Gasteiger partial charge in [-0.15, -0.1) is 0 Å². The van der Waals surface area contributed by atoms with Crippen molar-refractivity contribution in [1.82, 2.24) is 0 Å². The predicted molar refractivity (Wildman–Crippen MR) is 128 cm³/mol. The van der Waals surface area contributed by atoms with Gasteiger partial charge in [0.05, 0.1) is 0 Å². The van der Waals surface area contributed by atoms with E-state index in [2.05, 4.69) is 104 Å². The second kappa shape index (κ2) is 7.80. The summed E-state index contributed by atoms with van der Waals surface area (Å²) in [6.07, 6.45) is 10.1. The number of nitrogens with one attached hydrogen (secondary N) is 1. The summed E-state index contributed by atoms with van der Waals surface area (Å²) in [4.78, 5) is 0. The van der Waals surface area contributed by atoms with Crippen LogP contribution in [0.15, 0.2) is 84.9 Å². The van der Waals surface area contributed by atoms with Gasteiger partial charge in [0.25, 0.3) is 0 Å². The molecule has 1 heteroatoms. The minimum atomic E-state index is -0.0115. The summed E-state index contributed by atoms with van der Waals surface area (Å²) in [5, 5.41) is 3.70. The van der Waals surface area contributed by atoms with Gasteiger partial charge in [-0.3, -0.25) is 0 Å². The molecular formula is C29H31N. The van der Waals surface area contributed by atoms with Crippen molar-refractivity contribution < 1.29 is 0 Å². The first kappa shape index (κ1) is 19.2. The van der Waals surface area contributed by atoms with Gasteiger partial charge in [0.2, 0.25) is 0 Å². The molecule has 0 amide bonds. The fourth-order valence-electron chi connectivity index (χ4n) is 5.62. The molecule has 30 heavy (non-hydrogen) atoms. The smallest absolute Gasteiger partial charge is 0.0467 e. The van der Waals surface area contributed by atoms with E-state index in [-0.39, 0.29) is 5.41 Å². The zero-order chi connectivity index (χ0) is 20.6. The summed E-state index contributed by atoms with van der Waals surface area (Å²) >= 11 is 0. The van der Waals surface area contributed by atoms with Gasteiger partial charge in [-0.25, -0.2) is 0 Å². The van der Waals surface area contributed by atoms with Crippen LogP contribution in [0.4, 0.5) is 11.4 Å². The van der Waals surface area contributed by atoms with E-state index >= 15 is 0 Å². The average molecular weight is 394 g/mol. The zero-order valence-corrected chi connectivity index (χ0v) is 18.1. The second-order valence-electron chi connectivity index (χ2n) is 9.12. The highest BCUT2D eigenvalue weighted by Crippen LogP contribution is 2.55. The normalized spacial score (nSPS) is 25.8. The summed E-state index contributed by atoms with van der Waals surface area (Å²) in [7, 11) is 0. The molecule has 3 unspecified atom stereocenters. The molecule has 1 N–H and O–H groups in total. The summed E-state index contributed by atoms with van der Waals surface area (Å²) in [5.41, 5.74) is 8.03. The van der Waals surface area contributed by atoms with Gasteiger partial charge in [-0.1, -0.05) is 87.0 Å². The number of rotatable bonds is 3. The fraction of sp³-hybridized carbons (Fsp3) is 0.310. The average Bonchev–Trinajstić information content (AvgIpc) is 3.06. The van der Waals surface area contributed by atoms with Crippen LogP contribution in [0.3, 0.4) is 0 Å². The highest BCUT2D eigenvalue weighted by atomic mass is 14.9. The summed E-state index contributed by atoms with van der Waals surface area (Å²) in [6.45, 7) is 4.74. The van der Waals surface area contributed by atoms with E-state index < -0.39 is 0 Å². The number of para-hydroxylation sites is 1. The Balaban J connectivity index is 1.68. The van der Waals surface area contributed by atoms with Crippen molar-refractivity contribution >= 4 is 11.4 Å². The molecule has 3 aromatic rings. The molecule has 0 saturated heterocycles. The highest BCUT2D eigenvalue weighted by Gasteiger charge is 2.42. The third-order valence-corrected chi connectivity index (χ3v) is 7.21. The first-order valence-electron chi connectivity index (χ1n) is 11.5. The monoisotopic (exact) mass is 393 g/mol. The highest BCUT2D eigenvalue weighted by molar-refractivity contribution is 5.92. The standard InChI is InChI=1S/C29H31N/c1-3-22-17-19-29(18-16-21(2)20-22)25-13-8-7-12-24(25)28-26(29)14-9-15-27(28)30-23-10-5-4-6-11-23/h4-16,18,21-22,30H,3,17,19-20H2,1-2H3/b18-16+. The van der Waals surface area contributed by atoms with Crippen molar-refractivity contribution in [3.63, 3.8) is 0 Å². The van der Waals surface area contributed by atoms with Gasteiger partial charge in [-0.05, 0) is 66.0 Å². The van der Waals surface area contributed by atoms with Crippen molar-refractivity contribution in [2.24, 2.45) is 11.8 Å². The molecule has 2 aliphatic rings. The molecule has 1 spiro atoms. The van der Waals surface area contributed by atoms with Gasteiger partial charge in [0, 0.05) is 22.4 Å². The fourth-order valence-corrected chi connectivity index (χ4v) is 5.62. The minimum absolute atomic E-state index is 0.0115. The van der Waals surface area contributed by atoms with Crippen molar-refractivity contribution in [3.05, 3.63) is 96.1 Å². The van der Waals surface area contributed by atoms with E-state index in [0.29, 0.717) is 5.92 Å². The summed E-state index contributed by atoms with van der Waals surface area (Å²) < 4.78 is 0. The van der Waals surface area contributed by atoms with E-state index in [1.165, 1.54) is 53.6 Å². The molecule has 5 rings (SSSR count). The molecule has 0 aliphatic heterocycles. The first-order chi connectivity index (χ1) is 14.7. The molecule has 2 aliphatic carbocycles. The van der Waals surface area contributed by atoms with Crippen LogP contribution in [0.2, 0.25) is 0 Å². The van der Waals surface area contributed by atoms with Crippen molar-refractivity contribution in [1.29, 1.82) is 0 Å². The lowest BCUT2D eigenvalue weighted by Gasteiger charge is -2.33. The third-order valence-electron chi connectivity index (χ3n) is 7.21. The SMILES string of the molecule is CCC1CCC2(/C=C/C(C)C1)c1ccccc1-c1c(Nc3ccccc3)cccc12. The van der Waals surface area contributed by atoms with Crippen LogP contribution in [0, 0.1) is 11.8 Å². The van der Waals surface area contributed by atoms with Gasteiger partial charge in [-0.2, -0.15) is 0 Å². The molecule has 0 saturated carbocycles. The van der Waals surface area contributed by atoms with E-state index in [0.717, 1.165) is 11.6 Å². The van der Waals surface area contributed by atoms with E-state index in [9.17, 15) is 0 Å². The maximum absolute atomic E-state index is 3.70. The van der Waals surface area contributed by atoms with E-state index in [1.807, 2.05) is 0 Å². The Morgan fingerprint density at radius 2 is 1.67 bits per heavy atom. The molecule has 0 fully saturated rings. The lowest BCUT2D eigenvalue weighted by atomic mass is 9.70. The Hall–Kier alpha value is -2.80. The van der Waals surface area contributed by atoms with Gasteiger partial charge < -0.3 is 5.32 Å². The zero-order valence-electron chi connectivity index (χ0n) is 18.1. The molecule has 0 heterocycles. The molecule has 3 aromatic carbocycles. The number of hydrogen-bond acceptors (Lipinski definition) is 1. The lowest BCUT2D eigenvalue weighted by Crippen LogP contribution is -2.26. The predicted octanol–water partition coefficient (Wildman–Crippen LogP) is 8.10. The van der Waals surface area contributed by atoms with Crippen LogP contribution in [0.25, 0.3) is 11.1 Å². The Bertz CT molecular complexity index is 1060. The maximum atomic E-state index is 3.70. The van der Waals surface area contributed by atoms with Crippen LogP contribution in [-0.4, -0.2) is 0 Å². The van der Waals surface area contributed by atoms with Crippen molar-refractivity contribution in [3.8, 4) is 11.1 Å². The number of fused-ring (bicyclic) bond motifs is 5. The Labute approximate surface area is 180 Å². The van der Waals surface area contributed by atoms with Crippen LogP contribution in [0.1, 0.15) is 50.7 Å². The van der Waals surface area contributed by atoms with Gasteiger partial charge in [0.1, 0.15) is 0 Å². The number of anilines is 2. The largest absolute Gasteiger partial charge is 0.355 e. The van der Waals surface area contributed by atoms with E-state index in [1.54, 1.807) is 0 Å². The Morgan fingerprint density at radius 1 is 0.900 bits per heavy atom. The molecule has 1 nitrogen and oxygen atoms in total. The minimum Gasteiger partial charge on any atom is -0.355 e. The van der Waals surface area contributed by atoms with Crippen LogP contribution < -0.4 is 5.32 Å².